The van der Waals surface area contributed by atoms with Crippen molar-refractivity contribution in [3.63, 3.8) is 0 Å². The molecule has 34 heavy (non-hydrogen) atoms. The molecule has 4 aromatic rings. The van der Waals surface area contributed by atoms with Crippen molar-refractivity contribution >= 4 is 5.69 Å². The number of benzene rings is 3. The third-order valence-corrected chi connectivity index (χ3v) is 5.00. The fraction of sp³-hybridized carbons (Fsp3) is 0.130. The van der Waals surface area contributed by atoms with Crippen molar-refractivity contribution in [2.75, 3.05) is 5.32 Å². The Kier molecular flexibility index (Phi) is 5.94. The highest BCUT2D eigenvalue weighted by molar-refractivity contribution is 5.67. The first-order valence-corrected chi connectivity index (χ1v) is 9.75. The van der Waals surface area contributed by atoms with Gasteiger partial charge in [-0.25, -0.2) is 13.2 Å². The van der Waals surface area contributed by atoms with Gasteiger partial charge in [-0.2, -0.15) is 18.2 Å². The molecule has 0 saturated heterocycles. The Hall–Kier alpha value is -4.02. The van der Waals surface area contributed by atoms with E-state index in [4.69, 9.17) is 4.52 Å². The molecule has 0 radical (unpaired) electrons. The first-order chi connectivity index (χ1) is 16.0. The zero-order valence-electron chi connectivity index (χ0n) is 17.3. The number of phenols is 1. The number of aromatic hydroxyl groups is 1. The Balaban J connectivity index is 1.57. The summed E-state index contributed by atoms with van der Waals surface area (Å²) in [6.45, 7) is 1.75. The van der Waals surface area contributed by atoms with Gasteiger partial charge in [0.25, 0.3) is 5.89 Å². The largest absolute Gasteiger partial charge is 0.503 e. The third-order valence-electron chi connectivity index (χ3n) is 5.00. The monoisotopic (exact) mass is 479 g/mol. The molecule has 3 aromatic carbocycles. The number of nitrogens with zero attached hydrogens (tertiary/aromatic N) is 2. The summed E-state index contributed by atoms with van der Waals surface area (Å²) in [4.78, 5) is 4.11. The van der Waals surface area contributed by atoms with Crippen LogP contribution in [0.1, 0.15) is 16.7 Å². The molecule has 1 aromatic heterocycles. The molecule has 0 aliphatic heterocycles. The summed E-state index contributed by atoms with van der Waals surface area (Å²) >= 11 is 0. The molecule has 11 heteroatoms. The molecule has 0 fully saturated rings. The fourth-order valence-corrected chi connectivity index (χ4v) is 3.20. The van der Waals surface area contributed by atoms with E-state index in [1.165, 1.54) is 6.07 Å². The van der Waals surface area contributed by atoms with E-state index in [0.717, 1.165) is 29.8 Å². The van der Waals surface area contributed by atoms with Crippen LogP contribution in [0, 0.1) is 24.4 Å². The van der Waals surface area contributed by atoms with Gasteiger partial charge in [0.15, 0.2) is 17.4 Å². The SMILES string of the molecule is Cc1ccc(-c2noc(-c3cc(F)c(O)c(F)c3)n2)cc1NCc1ccc(F)c(C(F)(F)F)c1. The van der Waals surface area contributed by atoms with E-state index < -0.39 is 34.9 Å². The lowest BCUT2D eigenvalue weighted by Gasteiger charge is -2.13. The second-order valence-electron chi connectivity index (χ2n) is 7.41. The van der Waals surface area contributed by atoms with Crippen LogP contribution in [0.4, 0.5) is 32.0 Å². The van der Waals surface area contributed by atoms with Gasteiger partial charge in [-0.15, -0.1) is 0 Å². The Bertz CT molecular complexity index is 1340. The highest BCUT2D eigenvalue weighted by Gasteiger charge is 2.34. The van der Waals surface area contributed by atoms with Gasteiger partial charge in [-0.1, -0.05) is 23.4 Å². The number of alkyl halides is 3. The minimum absolute atomic E-state index is 0.0167. The number of aromatic nitrogens is 2. The minimum atomic E-state index is -4.81. The highest BCUT2D eigenvalue weighted by Crippen LogP contribution is 2.33. The third kappa shape index (κ3) is 4.68. The van der Waals surface area contributed by atoms with E-state index in [2.05, 4.69) is 15.5 Å². The van der Waals surface area contributed by atoms with Gasteiger partial charge in [-0.3, -0.25) is 0 Å². The molecule has 0 bridgehead atoms. The topological polar surface area (TPSA) is 71.2 Å². The zero-order valence-corrected chi connectivity index (χ0v) is 17.3. The summed E-state index contributed by atoms with van der Waals surface area (Å²) in [5, 5.41) is 16.0. The van der Waals surface area contributed by atoms with E-state index in [0.29, 0.717) is 11.3 Å². The van der Waals surface area contributed by atoms with Gasteiger partial charge in [0.1, 0.15) is 5.82 Å². The molecule has 2 N–H and O–H groups in total. The number of aryl methyl sites for hydroxylation is 1. The Morgan fingerprint density at radius 3 is 2.29 bits per heavy atom. The minimum Gasteiger partial charge on any atom is -0.503 e. The summed E-state index contributed by atoms with van der Waals surface area (Å²) in [5.74, 6) is -4.95. The van der Waals surface area contributed by atoms with Crippen LogP contribution in [0.3, 0.4) is 0 Å². The van der Waals surface area contributed by atoms with E-state index in [1.807, 2.05) is 0 Å². The first-order valence-electron chi connectivity index (χ1n) is 9.75. The van der Waals surface area contributed by atoms with Crippen LogP contribution in [0.5, 0.6) is 5.75 Å². The van der Waals surface area contributed by atoms with Crippen LogP contribution >= 0.6 is 0 Å². The molecule has 0 unspecified atom stereocenters. The van der Waals surface area contributed by atoms with E-state index in [1.54, 1.807) is 25.1 Å². The standard InChI is InChI=1S/C23H15F6N3O2/c1-11-2-4-13(21-31-22(34-32-21)14-7-17(25)20(33)18(26)8-14)9-19(11)30-10-12-3-5-16(24)15(6-12)23(27,28)29/h2-9,30,33H,10H2,1H3. The van der Waals surface area contributed by atoms with Crippen molar-refractivity contribution in [1.29, 1.82) is 0 Å². The second kappa shape index (κ2) is 8.73. The van der Waals surface area contributed by atoms with Crippen LogP contribution in [0.25, 0.3) is 22.8 Å². The molecule has 5 nitrogen and oxygen atoms in total. The molecular weight excluding hydrogens is 464 g/mol. The van der Waals surface area contributed by atoms with Crippen molar-refractivity contribution in [2.24, 2.45) is 0 Å². The average molecular weight is 479 g/mol. The summed E-state index contributed by atoms with van der Waals surface area (Å²) < 4.78 is 84.7. The Labute approximate surface area is 188 Å². The molecule has 1 heterocycles. The molecule has 0 spiro atoms. The lowest BCUT2D eigenvalue weighted by atomic mass is 10.1. The second-order valence-corrected chi connectivity index (χ2v) is 7.41. The maximum absolute atomic E-state index is 13.6. The molecular formula is C23H15F6N3O2. The normalized spacial score (nSPS) is 11.6. The van der Waals surface area contributed by atoms with Crippen LogP contribution in [0.15, 0.2) is 53.1 Å². The first kappa shape index (κ1) is 23.1. The lowest BCUT2D eigenvalue weighted by Crippen LogP contribution is -2.10. The van der Waals surface area contributed by atoms with Gasteiger partial charge in [0, 0.05) is 23.4 Å². The van der Waals surface area contributed by atoms with Crippen LogP contribution < -0.4 is 5.32 Å². The molecule has 4 rings (SSSR count). The zero-order chi connectivity index (χ0) is 24.6. The molecule has 0 atom stereocenters. The van der Waals surface area contributed by atoms with E-state index >= 15 is 0 Å². The number of rotatable bonds is 5. The van der Waals surface area contributed by atoms with Gasteiger partial charge in [0.2, 0.25) is 5.82 Å². The van der Waals surface area contributed by atoms with Crippen LogP contribution in [-0.2, 0) is 12.7 Å². The lowest BCUT2D eigenvalue weighted by molar-refractivity contribution is -0.140. The number of phenolic OH excluding ortho intramolecular Hbond substituents is 1. The fourth-order valence-electron chi connectivity index (χ4n) is 3.20. The van der Waals surface area contributed by atoms with Gasteiger partial charge >= 0.3 is 6.18 Å². The Morgan fingerprint density at radius 1 is 0.912 bits per heavy atom. The van der Waals surface area contributed by atoms with Crippen molar-refractivity contribution in [3.05, 3.63) is 82.7 Å². The van der Waals surface area contributed by atoms with Crippen LogP contribution in [-0.4, -0.2) is 15.2 Å². The average Bonchev–Trinajstić information content (AvgIpc) is 3.27. The number of nitrogens with one attached hydrogen (secondary N) is 1. The molecule has 0 amide bonds. The summed E-state index contributed by atoms with van der Waals surface area (Å²) in [5.41, 5.74) is 0.555. The molecule has 0 saturated carbocycles. The summed E-state index contributed by atoms with van der Waals surface area (Å²) in [6, 6.07) is 9.42. The number of hydrogen-bond donors (Lipinski definition) is 2. The Morgan fingerprint density at radius 2 is 1.62 bits per heavy atom. The smallest absolute Gasteiger partial charge is 0.419 e. The number of hydrogen-bond acceptors (Lipinski definition) is 5. The molecule has 0 aliphatic carbocycles. The van der Waals surface area contributed by atoms with Crippen molar-refractivity contribution in [2.45, 2.75) is 19.6 Å². The molecule has 0 aliphatic rings. The van der Waals surface area contributed by atoms with Crippen molar-refractivity contribution in [1.82, 2.24) is 10.1 Å². The maximum atomic E-state index is 13.6. The molecule has 176 valence electrons. The van der Waals surface area contributed by atoms with E-state index in [-0.39, 0.29) is 29.4 Å². The highest BCUT2D eigenvalue weighted by atomic mass is 19.4. The van der Waals surface area contributed by atoms with E-state index in [9.17, 15) is 31.4 Å². The van der Waals surface area contributed by atoms with Crippen LogP contribution in [0.2, 0.25) is 0 Å². The summed E-state index contributed by atoms with van der Waals surface area (Å²) in [7, 11) is 0. The van der Waals surface area contributed by atoms with Gasteiger partial charge in [0.05, 0.1) is 5.56 Å². The number of halogens is 6. The van der Waals surface area contributed by atoms with Crippen molar-refractivity contribution in [3.8, 4) is 28.6 Å². The predicted octanol–water partition coefficient (Wildman–Crippen LogP) is 6.47. The van der Waals surface area contributed by atoms with Gasteiger partial charge < -0.3 is 14.9 Å². The van der Waals surface area contributed by atoms with Gasteiger partial charge in [-0.05, 0) is 48.4 Å². The quantitative estimate of drug-likeness (QED) is 0.321. The number of anilines is 1. The predicted molar refractivity (Wildman–Crippen MR) is 110 cm³/mol. The van der Waals surface area contributed by atoms with Crippen molar-refractivity contribution < 1.29 is 36.0 Å². The maximum Gasteiger partial charge on any atom is 0.419 e. The summed E-state index contributed by atoms with van der Waals surface area (Å²) in [6.07, 6.45) is -4.81.